The van der Waals surface area contributed by atoms with Gasteiger partial charge in [0.05, 0.1) is 12.1 Å². The third kappa shape index (κ3) is 11.8. The van der Waals surface area contributed by atoms with Crippen LogP contribution in [0.1, 0.15) is 40.9 Å². The first kappa shape index (κ1) is 34.7. The lowest BCUT2D eigenvalue weighted by atomic mass is 10.1. The molecule has 0 aliphatic carbocycles. The highest BCUT2D eigenvalue weighted by atomic mass is 79.9. The predicted octanol–water partition coefficient (Wildman–Crippen LogP) is 7.50. The van der Waals surface area contributed by atoms with Gasteiger partial charge in [-0.2, -0.15) is 0 Å². The van der Waals surface area contributed by atoms with Crippen LogP contribution in [-0.4, -0.2) is 31.9 Å². The van der Waals surface area contributed by atoms with Crippen molar-refractivity contribution in [1.82, 2.24) is 0 Å². The van der Waals surface area contributed by atoms with Crippen LogP contribution in [0, 0.1) is 0 Å². The van der Waals surface area contributed by atoms with Gasteiger partial charge in [0.25, 0.3) is 0 Å². The molecule has 0 bridgehead atoms. The molecule has 0 spiro atoms. The van der Waals surface area contributed by atoms with Crippen LogP contribution < -0.4 is 5.73 Å². The standard InChI is InChI=1S/C15H14BrNO2.C8H7BrO2.C7H9NO.ClH/c1-10(14-7-4-12(16)8-15(14)19)17-9-11-2-5-13(18)6-3-11;1-5(10)7-3-2-6(9)4-8(7)11;8-5-6-1-3-7(9)4-2-6;/h2-8,18-19H,9H2,1H3;2-4,11H,1H3;1-4,9H,5,8H2;1H. The Kier molecular flexibility index (Phi) is 15.0. The topological polar surface area (TPSA) is 136 Å². The van der Waals surface area contributed by atoms with Gasteiger partial charge in [0.15, 0.2) is 5.78 Å². The van der Waals surface area contributed by atoms with Gasteiger partial charge in [-0.05, 0) is 85.6 Å². The molecule has 6 N–H and O–H groups in total. The summed E-state index contributed by atoms with van der Waals surface area (Å²) in [5, 5.41) is 37.1. The number of nitrogens with two attached hydrogens (primary N) is 1. The van der Waals surface area contributed by atoms with Gasteiger partial charge < -0.3 is 26.2 Å². The van der Waals surface area contributed by atoms with Gasteiger partial charge in [0.2, 0.25) is 0 Å². The van der Waals surface area contributed by atoms with E-state index in [1.54, 1.807) is 54.6 Å². The van der Waals surface area contributed by atoms with E-state index in [2.05, 4.69) is 36.9 Å². The minimum atomic E-state index is -0.130. The molecule has 0 heterocycles. The summed E-state index contributed by atoms with van der Waals surface area (Å²) in [5.41, 5.74) is 9.22. The van der Waals surface area contributed by atoms with Crippen LogP contribution in [0.15, 0.2) is 98.9 Å². The first-order valence-electron chi connectivity index (χ1n) is 11.8. The van der Waals surface area contributed by atoms with E-state index in [9.17, 15) is 20.1 Å². The van der Waals surface area contributed by atoms with Crippen molar-refractivity contribution in [2.75, 3.05) is 0 Å². The van der Waals surface area contributed by atoms with E-state index >= 15 is 0 Å². The van der Waals surface area contributed by atoms with Crippen molar-refractivity contribution < 1.29 is 25.2 Å². The highest BCUT2D eigenvalue weighted by molar-refractivity contribution is 9.10. The smallest absolute Gasteiger partial charge is 0.163 e. The number of hydrogen-bond donors (Lipinski definition) is 5. The van der Waals surface area contributed by atoms with Crippen molar-refractivity contribution in [3.8, 4) is 23.0 Å². The van der Waals surface area contributed by atoms with Crippen molar-refractivity contribution in [3.63, 3.8) is 0 Å². The third-order valence-electron chi connectivity index (χ3n) is 5.30. The fraction of sp³-hybridized carbons (Fsp3) is 0.133. The number of Topliss-reactive ketones (excluding diaryl/α,β-unsaturated/α-hetero) is 1. The molecule has 0 aliphatic rings. The van der Waals surface area contributed by atoms with E-state index < -0.39 is 0 Å². The summed E-state index contributed by atoms with van der Waals surface area (Å²) < 4.78 is 1.60. The largest absolute Gasteiger partial charge is 0.508 e. The molecule has 7 nitrogen and oxygen atoms in total. The van der Waals surface area contributed by atoms with Gasteiger partial charge in [-0.1, -0.05) is 56.1 Å². The van der Waals surface area contributed by atoms with Crippen molar-refractivity contribution in [2.45, 2.75) is 26.9 Å². The summed E-state index contributed by atoms with van der Waals surface area (Å²) >= 11 is 6.48. The summed E-state index contributed by atoms with van der Waals surface area (Å²) in [7, 11) is 0. The maximum Gasteiger partial charge on any atom is 0.163 e. The van der Waals surface area contributed by atoms with Crippen LogP contribution in [0.2, 0.25) is 0 Å². The second kappa shape index (κ2) is 17.3. The number of phenols is 4. The van der Waals surface area contributed by atoms with Crippen LogP contribution in [0.3, 0.4) is 0 Å². The van der Waals surface area contributed by atoms with E-state index in [0.29, 0.717) is 18.7 Å². The second-order valence-corrected chi connectivity index (χ2v) is 10.1. The molecule has 4 aromatic carbocycles. The zero-order valence-corrected chi connectivity index (χ0v) is 25.9. The van der Waals surface area contributed by atoms with Crippen LogP contribution >= 0.6 is 44.3 Å². The van der Waals surface area contributed by atoms with E-state index in [1.165, 1.54) is 13.0 Å². The molecule has 40 heavy (non-hydrogen) atoms. The number of aromatic hydroxyl groups is 4. The number of carbonyl (C=O) groups excluding carboxylic acids is 1. The minimum Gasteiger partial charge on any atom is -0.508 e. The molecule has 0 fully saturated rings. The Morgan fingerprint density at radius 3 is 1.52 bits per heavy atom. The quantitative estimate of drug-likeness (QED) is 0.108. The van der Waals surface area contributed by atoms with Crippen LogP contribution in [0.5, 0.6) is 23.0 Å². The maximum atomic E-state index is 10.8. The van der Waals surface area contributed by atoms with E-state index in [1.807, 2.05) is 31.2 Å². The zero-order valence-electron chi connectivity index (χ0n) is 21.9. The van der Waals surface area contributed by atoms with Gasteiger partial charge >= 0.3 is 0 Å². The average Bonchev–Trinajstić information content (AvgIpc) is 2.89. The minimum absolute atomic E-state index is 0. The Morgan fingerprint density at radius 1 is 0.700 bits per heavy atom. The number of benzene rings is 4. The van der Waals surface area contributed by atoms with Crippen LogP contribution in [0.25, 0.3) is 0 Å². The Morgan fingerprint density at radius 2 is 1.12 bits per heavy atom. The molecule has 212 valence electrons. The number of nitrogens with zero attached hydrogens (tertiary/aromatic N) is 1. The predicted molar refractivity (Wildman–Crippen MR) is 169 cm³/mol. The lowest BCUT2D eigenvalue weighted by Crippen LogP contribution is -1.96. The SMILES string of the molecule is CC(=NCc1ccc(O)cc1)c1ccc(Br)cc1O.CC(=O)c1ccc(Br)cc1O.Cl.NCc1ccc(O)cc1. The summed E-state index contributed by atoms with van der Waals surface area (Å²) in [6, 6.07) is 23.9. The first-order chi connectivity index (χ1) is 18.5. The van der Waals surface area contributed by atoms with Gasteiger partial charge in [-0.3, -0.25) is 9.79 Å². The highest BCUT2D eigenvalue weighted by Crippen LogP contribution is 2.24. The molecule has 0 radical (unpaired) electrons. The number of phenolic OH excluding ortho intramolecular Hbond substituents is 4. The molecule has 10 heteroatoms. The number of aliphatic imine (C=N–C) groups is 1. The monoisotopic (exact) mass is 692 g/mol. The molecule has 0 unspecified atom stereocenters. The van der Waals surface area contributed by atoms with Gasteiger partial charge in [-0.15, -0.1) is 12.4 Å². The Balaban J connectivity index is 0.000000324. The molecule has 0 amide bonds. The van der Waals surface area contributed by atoms with Crippen LogP contribution in [0.4, 0.5) is 0 Å². The van der Waals surface area contributed by atoms with E-state index in [4.69, 9.17) is 10.8 Å². The van der Waals surface area contributed by atoms with Crippen molar-refractivity contribution >= 4 is 55.8 Å². The first-order valence-corrected chi connectivity index (χ1v) is 13.3. The molecule has 0 atom stereocenters. The lowest BCUT2D eigenvalue weighted by Gasteiger charge is -2.05. The number of rotatable bonds is 5. The number of hydrogen-bond acceptors (Lipinski definition) is 7. The fourth-order valence-electron chi connectivity index (χ4n) is 3.14. The lowest BCUT2D eigenvalue weighted by molar-refractivity contribution is 0.101. The van der Waals surface area contributed by atoms with Gasteiger partial charge in [-0.25, -0.2) is 0 Å². The van der Waals surface area contributed by atoms with Crippen LogP contribution in [-0.2, 0) is 13.1 Å². The number of ketones is 1. The average molecular weight is 695 g/mol. The van der Waals surface area contributed by atoms with E-state index in [-0.39, 0.29) is 41.2 Å². The van der Waals surface area contributed by atoms with Gasteiger partial charge in [0, 0.05) is 26.8 Å². The Labute approximate surface area is 256 Å². The molecule has 0 aliphatic heterocycles. The molecule has 0 saturated heterocycles. The fourth-order valence-corrected chi connectivity index (χ4v) is 3.84. The molecular weight excluding hydrogens is 664 g/mol. The van der Waals surface area contributed by atoms with Crippen molar-refractivity contribution in [3.05, 3.63) is 116 Å². The molecule has 4 rings (SSSR count). The zero-order chi connectivity index (χ0) is 28.9. The van der Waals surface area contributed by atoms with Gasteiger partial charge in [0.1, 0.15) is 23.0 Å². The van der Waals surface area contributed by atoms with Crippen molar-refractivity contribution in [1.29, 1.82) is 0 Å². The summed E-state index contributed by atoms with van der Waals surface area (Å²) in [6.45, 7) is 4.33. The molecular formula is C30H31Br2ClN2O5. The maximum absolute atomic E-state index is 10.8. The van der Waals surface area contributed by atoms with E-state index in [0.717, 1.165) is 31.3 Å². The second-order valence-electron chi connectivity index (χ2n) is 8.32. The summed E-state index contributed by atoms with van der Waals surface area (Å²) in [5.74, 6) is 0.630. The molecule has 0 aromatic heterocycles. The normalized spacial score (nSPS) is 10.3. The number of carbonyl (C=O) groups is 1. The summed E-state index contributed by atoms with van der Waals surface area (Å²) in [6.07, 6.45) is 0. The summed E-state index contributed by atoms with van der Waals surface area (Å²) in [4.78, 5) is 15.2. The van der Waals surface area contributed by atoms with Crippen molar-refractivity contribution in [2.24, 2.45) is 10.7 Å². The highest BCUT2D eigenvalue weighted by Gasteiger charge is 2.06. The molecule has 0 saturated carbocycles. The Hall–Kier alpha value is -3.37. The Bertz CT molecular complexity index is 1410. The third-order valence-corrected chi connectivity index (χ3v) is 6.28. The number of halogens is 3. The molecule has 4 aromatic rings.